The number of sulfonamides is 1. The molecule has 1 atom stereocenters. The van der Waals surface area contributed by atoms with E-state index in [-0.39, 0.29) is 16.1 Å². The zero-order valence-electron chi connectivity index (χ0n) is 9.18. The molecule has 7 nitrogen and oxygen atoms in total. The summed E-state index contributed by atoms with van der Waals surface area (Å²) in [5.41, 5.74) is 0. The number of carboxylic acid groups (broad SMARTS) is 1. The van der Waals surface area contributed by atoms with Crippen LogP contribution in [0.4, 0.5) is 0 Å². The van der Waals surface area contributed by atoms with Crippen LogP contribution in [0.5, 0.6) is 0 Å². The Hall–Kier alpha value is -1.37. The predicted molar refractivity (Wildman–Crippen MR) is 63.3 cm³/mol. The van der Waals surface area contributed by atoms with Crippen LogP contribution in [0, 0.1) is 17.2 Å². The summed E-state index contributed by atoms with van der Waals surface area (Å²) in [6.07, 6.45) is 0. The van der Waals surface area contributed by atoms with Crippen molar-refractivity contribution < 1.29 is 22.7 Å². The van der Waals surface area contributed by atoms with Crippen LogP contribution in [0.3, 0.4) is 0 Å². The maximum absolute atomic E-state index is 11.8. The number of nitrogens with zero attached hydrogens (tertiary/aromatic N) is 1. The van der Waals surface area contributed by atoms with Crippen molar-refractivity contribution in [1.82, 2.24) is 4.72 Å². The Bertz CT molecular complexity index is 601. The number of nitriles is 1. The van der Waals surface area contributed by atoms with Crippen molar-refractivity contribution in [2.45, 2.75) is 11.8 Å². The van der Waals surface area contributed by atoms with E-state index in [2.05, 4.69) is 20.7 Å². The van der Waals surface area contributed by atoms with E-state index in [1.807, 2.05) is 6.07 Å². The summed E-state index contributed by atoms with van der Waals surface area (Å²) in [5.74, 6) is -2.36. The Morgan fingerprint density at radius 1 is 1.72 bits per heavy atom. The van der Waals surface area contributed by atoms with E-state index in [1.54, 1.807) is 6.92 Å². The third kappa shape index (κ3) is 3.32. The average molecular weight is 337 g/mol. The van der Waals surface area contributed by atoms with Crippen LogP contribution in [-0.2, 0) is 10.0 Å². The lowest BCUT2D eigenvalue weighted by Crippen LogP contribution is -2.27. The summed E-state index contributed by atoms with van der Waals surface area (Å²) in [7, 11) is -3.91. The Morgan fingerprint density at radius 2 is 2.33 bits per heavy atom. The SMILES string of the molecule is CC(C#N)CNS(=O)(=O)c1cc(C(=O)O)oc1Br. The molecule has 0 bridgehead atoms. The van der Waals surface area contributed by atoms with E-state index in [4.69, 9.17) is 14.8 Å². The molecule has 9 heteroatoms. The second-order valence-corrected chi connectivity index (χ2v) is 5.89. The molecule has 1 aromatic heterocycles. The van der Waals surface area contributed by atoms with Crippen molar-refractivity contribution >= 4 is 31.9 Å². The van der Waals surface area contributed by atoms with Gasteiger partial charge in [-0.05, 0) is 22.9 Å². The van der Waals surface area contributed by atoms with Crippen molar-refractivity contribution in [1.29, 1.82) is 5.26 Å². The molecule has 0 saturated carbocycles. The van der Waals surface area contributed by atoms with E-state index in [1.165, 1.54) is 0 Å². The van der Waals surface area contributed by atoms with Crippen LogP contribution in [-0.4, -0.2) is 26.0 Å². The molecule has 0 spiro atoms. The summed E-state index contributed by atoms with van der Waals surface area (Å²) >= 11 is 2.83. The minimum absolute atomic E-state index is 0.0706. The summed E-state index contributed by atoms with van der Waals surface area (Å²) in [4.78, 5) is 10.3. The highest BCUT2D eigenvalue weighted by Gasteiger charge is 2.24. The van der Waals surface area contributed by atoms with Gasteiger partial charge in [0.25, 0.3) is 0 Å². The van der Waals surface area contributed by atoms with Crippen molar-refractivity contribution in [3.63, 3.8) is 0 Å². The van der Waals surface area contributed by atoms with Gasteiger partial charge in [0.2, 0.25) is 15.8 Å². The van der Waals surface area contributed by atoms with Crippen LogP contribution < -0.4 is 4.72 Å². The minimum atomic E-state index is -3.91. The molecular formula is C9H9BrN2O5S. The second-order valence-electron chi connectivity index (χ2n) is 3.44. The molecule has 0 aliphatic heterocycles. The first-order valence-corrected chi connectivity index (χ1v) is 6.97. The van der Waals surface area contributed by atoms with Crippen molar-refractivity contribution in [3.8, 4) is 6.07 Å². The first-order valence-electron chi connectivity index (χ1n) is 4.70. The molecule has 0 saturated heterocycles. The fourth-order valence-corrected chi connectivity index (χ4v) is 3.07. The molecule has 2 N–H and O–H groups in total. The Morgan fingerprint density at radius 3 is 2.78 bits per heavy atom. The monoisotopic (exact) mass is 336 g/mol. The smallest absolute Gasteiger partial charge is 0.371 e. The highest BCUT2D eigenvalue weighted by atomic mass is 79.9. The molecule has 0 aromatic carbocycles. The van der Waals surface area contributed by atoms with Crippen LogP contribution in [0.1, 0.15) is 17.5 Å². The van der Waals surface area contributed by atoms with Gasteiger partial charge < -0.3 is 9.52 Å². The lowest BCUT2D eigenvalue weighted by atomic mass is 10.2. The van der Waals surface area contributed by atoms with Gasteiger partial charge in [-0.15, -0.1) is 0 Å². The maximum Gasteiger partial charge on any atom is 0.371 e. The fourth-order valence-electron chi connectivity index (χ4n) is 0.999. The summed E-state index contributed by atoms with van der Waals surface area (Å²) in [6, 6.07) is 2.77. The lowest BCUT2D eigenvalue weighted by molar-refractivity contribution is 0.0661. The van der Waals surface area contributed by atoms with Gasteiger partial charge in [0.05, 0.1) is 12.0 Å². The third-order valence-electron chi connectivity index (χ3n) is 1.96. The minimum Gasteiger partial charge on any atom is -0.475 e. The van der Waals surface area contributed by atoms with Gasteiger partial charge in [-0.2, -0.15) is 5.26 Å². The molecule has 1 rings (SSSR count). The number of carbonyl (C=O) groups is 1. The molecule has 0 fully saturated rings. The first kappa shape index (κ1) is 14.7. The van der Waals surface area contributed by atoms with E-state index >= 15 is 0 Å². The normalized spacial score (nSPS) is 12.9. The number of aromatic carboxylic acids is 1. The van der Waals surface area contributed by atoms with Crippen LogP contribution >= 0.6 is 15.9 Å². The summed E-state index contributed by atoms with van der Waals surface area (Å²) in [5, 5.41) is 17.2. The molecule has 1 heterocycles. The Kier molecular flexibility index (Phi) is 4.50. The molecule has 0 radical (unpaired) electrons. The fraction of sp³-hybridized carbons (Fsp3) is 0.333. The van der Waals surface area contributed by atoms with Crippen molar-refractivity contribution in [3.05, 3.63) is 16.5 Å². The number of hydrogen-bond donors (Lipinski definition) is 2. The van der Waals surface area contributed by atoms with Gasteiger partial charge in [-0.25, -0.2) is 17.9 Å². The van der Waals surface area contributed by atoms with Crippen LogP contribution in [0.2, 0.25) is 0 Å². The van der Waals surface area contributed by atoms with Gasteiger partial charge in [-0.3, -0.25) is 0 Å². The number of rotatable bonds is 5. The molecule has 18 heavy (non-hydrogen) atoms. The van der Waals surface area contributed by atoms with E-state index in [9.17, 15) is 13.2 Å². The largest absolute Gasteiger partial charge is 0.475 e. The van der Waals surface area contributed by atoms with Crippen molar-refractivity contribution in [2.75, 3.05) is 6.54 Å². The standard InChI is InChI=1S/C9H9BrN2O5S/c1-5(3-11)4-12-18(15,16)7-2-6(9(13)14)17-8(7)10/h2,5,12H,4H2,1H3,(H,13,14). The molecule has 0 aliphatic rings. The molecule has 0 amide bonds. The third-order valence-corrected chi connectivity index (χ3v) is 4.24. The van der Waals surface area contributed by atoms with Gasteiger partial charge in [-0.1, -0.05) is 0 Å². The Labute approximate surface area is 112 Å². The van der Waals surface area contributed by atoms with Crippen molar-refractivity contribution in [2.24, 2.45) is 5.92 Å². The number of carboxylic acids is 1. The number of halogens is 1. The molecule has 1 unspecified atom stereocenters. The van der Waals surface area contributed by atoms with Gasteiger partial charge in [0.1, 0.15) is 4.90 Å². The second kappa shape index (κ2) is 5.51. The molecule has 0 aliphatic carbocycles. The topological polar surface area (TPSA) is 120 Å². The van der Waals surface area contributed by atoms with E-state index in [0.717, 1.165) is 6.07 Å². The number of furan rings is 1. The van der Waals surface area contributed by atoms with Gasteiger partial charge >= 0.3 is 5.97 Å². The molecular weight excluding hydrogens is 328 g/mol. The van der Waals surface area contributed by atoms with Gasteiger partial charge in [0, 0.05) is 12.6 Å². The van der Waals surface area contributed by atoms with Crippen LogP contribution in [0.25, 0.3) is 0 Å². The average Bonchev–Trinajstić information content (AvgIpc) is 2.69. The van der Waals surface area contributed by atoms with Crippen LogP contribution in [0.15, 0.2) is 20.0 Å². The Balaban J connectivity index is 2.99. The van der Waals surface area contributed by atoms with Gasteiger partial charge in [0.15, 0.2) is 4.67 Å². The van der Waals surface area contributed by atoms with E-state index in [0.29, 0.717) is 0 Å². The summed E-state index contributed by atoms with van der Waals surface area (Å²) < 4.78 is 30.3. The highest BCUT2D eigenvalue weighted by Crippen LogP contribution is 2.26. The van der Waals surface area contributed by atoms with E-state index < -0.39 is 27.7 Å². The lowest BCUT2D eigenvalue weighted by Gasteiger charge is -2.05. The zero-order chi connectivity index (χ0) is 13.9. The quantitative estimate of drug-likeness (QED) is 0.832. The summed E-state index contributed by atoms with van der Waals surface area (Å²) in [6.45, 7) is 1.48. The first-order chi connectivity index (χ1) is 8.27. The molecule has 98 valence electrons. The molecule has 1 aromatic rings. The number of hydrogen-bond acceptors (Lipinski definition) is 5. The zero-order valence-corrected chi connectivity index (χ0v) is 11.6. The number of nitrogens with one attached hydrogen (secondary N) is 1. The highest BCUT2D eigenvalue weighted by molar-refractivity contribution is 9.10. The predicted octanol–water partition coefficient (Wildman–Crippen LogP) is 1.18. The maximum atomic E-state index is 11.8.